The Kier molecular flexibility index (Phi) is 3.53. The van der Waals surface area contributed by atoms with Gasteiger partial charge in [0, 0.05) is 23.5 Å². The second-order valence-electron chi connectivity index (χ2n) is 4.15. The SMILES string of the molecule is Cc1cscc1CNC(=O)c1cc(N)cc(N)c1. The van der Waals surface area contributed by atoms with Crippen molar-refractivity contribution in [3.8, 4) is 0 Å². The van der Waals surface area contributed by atoms with Gasteiger partial charge in [0.25, 0.3) is 5.91 Å². The summed E-state index contributed by atoms with van der Waals surface area (Å²) in [5.41, 5.74) is 15.1. The highest BCUT2D eigenvalue weighted by Crippen LogP contribution is 2.15. The van der Waals surface area contributed by atoms with Gasteiger partial charge in [0.05, 0.1) is 0 Å². The molecule has 0 atom stereocenters. The van der Waals surface area contributed by atoms with Crippen molar-refractivity contribution in [2.75, 3.05) is 11.5 Å². The van der Waals surface area contributed by atoms with Gasteiger partial charge < -0.3 is 16.8 Å². The lowest BCUT2D eigenvalue weighted by molar-refractivity contribution is 0.0951. The summed E-state index contributed by atoms with van der Waals surface area (Å²) in [6.07, 6.45) is 0. The molecule has 0 saturated heterocycles. The maximum absolute atomic E-state index is 11.9. The minimum atomic E-state index is -0.167. The van der Waals surface area contributed by atoms with Crippen LogP contribution < -0.4 is 16.8 Å². The first-order chi connectivity index (χ1) is 8.56. The van der Waals surface area contributed by atoms with Crippen molar-refractivity contribution >= 4 is 28.6 Å². The fourth-order valence-corrected chi connectivity index (χ4v) is 2.51. The van der Waals surface area contributed by atoms with E-state index in [2.05, 4.69) is 10.7 Å². The molecular formula is C13H15N3OS. The van der Waals surface area contributed by atoms with Crippen molar-refractivity contribution in [3.63, 3.8) is 0 Å². The Balaban J connectivity index is 2.06. The summed E-state index contributed by atoms with van der Waals surface area (Å²) >= 11 is 1.63. The van der Waals surface area contributed by atoms with Gasteiger partial charge in [-0.05, 0) is 47.0 Å². The van der Waals surface area contributed by atoms with E-state index in [1.807, 2.05) is 12.3 Å². The Labute approximate surface area is 110 Å². The van der Waals surface area contributed by atoms with Crippen LogP contribution in [-0.4, -0.2) is 5.91 Å². The van der Waals surface area contributed by atoms with Crippen LogP contribution in [-0.2, 0) is 6.54 Å². The van der Waals surface area contributed by atoms with Crippen molar-refractivity contribution < 1.29 is 4.79 Å². The van der Waals surface area contributed by atoms with Gasteiger partial charge in [-0.1, -0.05) is 0 Å². The standard InChI is InChI=1S/C13H15N3OS/c1-8-6-18-7-10(8)5-16-13(17)9-2-11(14)4-12(15)3-9/h2-4,6-7H,5,14-15H2,1H3,(H,16,17). The molecule has 1 aromatic carbocycles. The molecule has 18 heavy (non-hydrogen) atoms. The van der Waals surface area contributed by atoms with Crippen molar-refractivity contribution in [3.05, 3.63) is 45.6 Å². The summed E-state index contributed by atoms with van der Waals surface area (Å²) in [5, 5.41) is 6.94. The van der Waals surface area contributed by atoms with Crippen molar-refractivity contribution in [2.45, 2.75) is 13.5 Å². The highest BCUT2D eigenvalue weighted by molar-refractivity contribution is 7.08. The Bertz CT molecular complexity index is 557. The van der Waals surface area contributed by atoms with Gasteiger partial charge in [-0.25, -0.2) is 0 Å². The second-order valence-corrected chi connectivity index (χ2v) is 4.89. The number of nitrogen functional groups attached to an aromatic ring is 2. The van der Waals surface area contributed by atoms with E-state index in [9.17, 15) is 4.79 Å². The number of anilines is 2. The van der Waals surface area contributed by atoms with E-state index < -0.39 is 0 Å². The van der Waals surface area contributed by atoms with E-state index >= 15 is 0 Å². The molecule has 0 aliphatic heterocycles. The van der Waals surface area contributed by atoms with Gasteiger partial charge in [0.15, 0.2) is 0 Å². The molecular weight excluding hydrogens is 246 g/mol. The molecule has 1 heterocycles. The summed E-state index contributed by atoms with van der Waals surface area (Å²) < 4.78 is 0. The molecule has 0 aliphatic rings. The smallest absolute Gasteiger partial charge is 0.251 e. The molecule has 5 heteroatoms. The summed E-state index contributed by atoms with van der Waals surface area (Å²) in [6.45, 7) is 2.54. The van der Waals surface area contributed by atoms with E-state index in [0.29, 0.717) is 23.5 Å². The number of hydrogen-bond acceptors (Lipinski definition) is 4. The van der Waals surface area contributed by atoms with E-state index in [-0.39, 0.29) is 5.91 Å². The van der Waals surface area contributed by atoms with Crippen LogP contribution in [0.15, 0.2) is 29.0 Å². The normalized spacial score (nSPS) is 10.3. The van der Waals surface area contributed by atoms with Gasteiger partial charge in [0.1, 0.15) is 0 Å². The minimum Gasteiger partial charge on any atom is -0.399 e. The first kappa shape index (κ1) is 12.4. The van der Waals surface area contributed by atoms with E-state index in [4.69, 9.17) is 11.5 Å². The molecule has 0 spiro atoms. The Morgan fingerprint density at radius 1 is 1.22 bits per heavy atom. The first-order valence-electron chi connectivity index (χ1n) is 5.52. The van der Waals surface area contributed by atoms with Crippen LogP contribution in [0.1, 0.15) is 21.5 Å². The molecule has 0 aliphatic carbocycles. The fraction of sp³-hybridized carbons (Fsp3) is 0.154. The number of benzene rings is 1. The van der Waals surface area contributed by atoms with Crippen LogP contribution in [0.25, 0.3) is 0 Å². The lowest BCUT2D eigenvalue weighted by Gasteiger charge is -2.06. The molecule has 1 amide bonds. The average Bonchev–Trinajstić information content (AvgIpc) is 2.70. The third-order valence-corrected chi connectivity index (χ3v) is 3.55. The maximum Gasteiger partial charge on any atom is 0.251 e. The molecule has 1 aromatic heterocycles. The molecule has 94 valence electrons. The fourth-order valence-electron chi connectivity index (χ4n) is 1.65. The molecule has 0 fully saturated rings. The van der Waals surface area contributed by atoms with E-state index in [1.165, 1.54) is 5.56 Å². The monoisotopic (exact) mass is 261 g/mol. The van der Waals surface area contributed by atoms with Crippen LogP contribution >= 0.6 is 11.3 Å². The van der Waals surface area contributed by atoms with Crippen LogP contribution in [0.4, 0.5) is 11.4 Å². The van der Waals surface area contributed by atoms with Crippen LogP contribution in [0.3, 0.4) is 0 Å². The van der Waals surface area contributed by atoms with Crippen molar-refractivity contribution in [1.29, 1.82) is 0 Å². The highest BCUT2D eigenvalue weighted by atomic mass is 32.1. The summed E-state index contributed by atoms with van der Waals surface area (Å²) in [7, 11) is 0. The van der Waals surface area contributed by atoms with Gasteiger partial charge in [0.2, 0.25) is 0 Å². The molecule has 2 aromatic rings. The average molecular weight is 261 g/mol. The molecule has 0 unspecified atom stereocenters. The largest absolute Gasteiger partial charge is 0.399 e. The summed E-state index contributed by atoms with van der Waals surface area (Å²) in [6, 6.07) is 4.86. The van der Waals surface area contributed by atoms with Gasteiger partial charge in [-0.3, -0.25) is 4.79 Å². The Morgan fingerprint density at radius 2 is 1.89 bits per heavy atom. The van der Waals surface area contributed by atoms with Crippen LogP contribution in [0.5, 0.6) is 0 Å². The number of amides is 1. The molecule has 0 bridgehead atoms. The zero-order chi connectivity index (χ0) is 13.1. The molecule has 5 N–H and O–H groups in total. The van der Waals surface area contributed by atoms with Gasteiger partial charge in [-0.15, -0.1) is 0 Å². The van der Waals surface area contributed by atoms with Crippen molar-refractivity contribution in [2.24, 2.45) is 0 Å². The highest BCUT2D eigenvalue weighted by Gasteiger charge is 2.08. The third kappa shape index (κ3) is 2.81. The molecule has 2 rings (SSSR count). The second kappa shape index (κ2) is 5.10. The molecule has 4 nitrogen and oxygen atoms in total. The lowest BCUT2D eigenvalue weighted by Crippen LogP contribution is -2.23. The lowest BCUT2D eigenvalue weighted by atomic mass is 10.1. The summed E-state index contributed by atoms with van der Waals surface area (Å²) in [5.74, 6) is -0.167. The minimum absolute atomic E-state index is 0.167. The van der Waals surface area contributed by atoms with E-state index in [0.717, 1.165) is 5.56 Å². The topological polar surface area (TPSA) is 81.1 Å². The third-order valence-electron chi connectivity index (χ3n) is 2.64. The number of thiophene rings is 1. The van der Waals surface area contributed by atoms with E-state index in [1.54, 1.807) is 29.5 Å². The number of nitrogens with one attached hydrogen (secondary N) is 1. The predicted molar refractivity (Wildman–Crippen MR) is 75.5 cm³/mol. The number of nitrogens with two attached hydrogens (primary N) is 2. The van der Waals surface area contributed by atoms with Gasteiger partial charge in [-0.2, -0.15) is 11.3 Å². The van der Waals surface area contributed by atoms with Gasteiger partial charge >= 0.3 is 0 Å². The number of hydrogen-bond donors (Lipinski definition) is 3. The Hall–Kier alpha value is -2.01. The Morgan fingerprint density at radius 3 is 2.44 bits per heavy atom. The zero-order valence-electron chi connectivity index (χ0n) is 10.1. The zero-order valence-corrected chi connectivity index (χ0v) is 10.9. The number of aryl methyl sites for hydroxylation is 1. The summed E-state index contributed by atoms with van der Waals surface area (Å²) in [4.78, 5) is 11.9. The molecule has 0 radical (unpaired) electrons. The maximum atomic E-state index is 11.9. The first-order valence-corrected chi connectivity index (χ1v) is 6.46. The number of carbonyl (C=O) groups is 1. The van der Waals surface area contributed by atoms with Crippen molar-refractivity contribution in [1.82, 2.24) is 5.32 Å². The predicted octanol–water partition coefficient (Wildman–Crippen LogP) is 2.15. The van der Waals surface area contributed by atoms with Crippen LogP contribution in [0.2, 0.25) is 0 Å². The number of rotatable bonds is 3. The quantitative estimate of drug-likeness (QED) is 0.740. The molecule has 0 saturated carbocycles. The van der Waals surface area contributed by atoms with Crippen LogP contribution in [0, 0.1) is 6.92 Å². The number of carbonyl (C=O) groups excluding carboxylic acids is 1.